The lowest BCUT2D eigenvalue weighted by atomic mass is 10.2. The lowest BCUT2D eigenvalue weighted by Crippen LogP contribution is -2.17. The molecule has 0 spiro atoms. The number of hydrazone groups is 1. The fraction of sp³-hybridized carbons (Fsp3) is 0.0667. The molecule has 0 fully saturated rings. The molecule has 0 saturated carbocycles. The van der Waals surface area contributed by atoms with Gasteiger partial charge in [-0.3, -0.25) is 4.79 Å². The van der Waals surface area contributed by atoms with Gasteiger partial charge in [0, 0.05) is 0 Å². The molecule has 108 valence electrons. The normalized spacial score (nSPS) is 10.5. The Hall–Kier alpha value is -3.02. The van der Waals surface area contributed by atoms with Gasteiger partial charge >= 0.3 is 0 Å². The molecule has 0 heterocycles. The summed E-state index contributed by atoms with van der Waals surface area (Å²) >= 11 is 0. The molecular formula is C15H14N2O4. The molecule has 2 rings (SSSR count). The van der Waals surface area contributed by atoms with Crippen molar-refractivity contribution in [3.05, 3.63) is 53.6 Å². The van der Waals surface area contributed by atoms with Gasteiger partial charge in [-0.2, -0.15) is 5.10 Å². The van der Waals surface area contributed by atoms with Crippen molar-refractivity contribution in [3.63, 3.8) is 0 Å². The monoisotopic (exact) mass is 286 g/mol. The third-order valence-electron chi connectivity index (χ3n) is 2.73. The van der Waals surface area contributed by atoms with E-state index in [-0.39, 0.29) is 17.1 Å². The Bertz CT molecular complexity index is 683. The highest BCUT2D eigenvalue weighted by Gasteiger charge is 2.08. The fourth-order valence-corrected chi connectivity index (χ4v) is 1.67. The molecule has 0 radical (unpaired) electrons. The number of para-hydroxylation sites is 1. The maximum atomic E-state index is 11.8. The van der Waals surface area contributed by atoms with Crippen molar-refractivity contribution in [1.82, 2.24) is 5.43 Å². The average Bonchev–Trinajstić information content (AvgIpc) is 2.49. The summed E-state index contributed by atoms with van der Waals surface area (Å²) in [4.78, 5) is 11.8. The van der Waals surface area contributed by atoms with Crippen LogP contribution in [-0.4, -0.2) is 29.4 Å². The maximum Gasteiger partial charge on any atom is 0.275 e. The van der Waals surface area contributed by atoms with Crippen molar-refractivity contribution < 1.29 is 19.7 Å². The molecule has 0 bridgehead atoms. The molecule has 0 aliphatic heterocycles. The molecule has 0 atom stereocenters. The maximum absolute atomic E-state index is 11.8. The number of rotatable bonds is 4. The molecule has 2 aromatic carbocycles. The van der Waals surface area contributed by atoms with Crippen molar-refractivity contribution in [3.8, 4) is 17.2 Å². The van der Waals surface area contributed by atoms with Gasteiger partial charge in [-0.15, -0.1) is 0 Å². The van der Waals surface area contributed by atoms with E-state index in [1.165, 1.54) is 31.5 Å². The molecule has 6 heteroatoms. The van der Waals surface area contributed by atoms with Gasteiger partial charge in [-0.25, -0.2) is 5.43 Å². The first-order valence-electron chi connectivity index (χ1n) is 6.10. The SMILES string of the molecule is COc1cc(/C=N\NC(=O)c2ccccc2O)ccc1O. The zero-order valence-corrected chi connectivity index (χ0v) is 11.3. The fourth-order valence-electron chi connectivity index (χ4n) is 1.67. The van der Waals surface area contributed by atoms with E-state index >= 15 is 0 Å². The van der Waals surface area contributed by atoms with Crippen LogP contribution in [-0.2, 0) is 0 Å². The van der Waals surface area contributed by atoms with Crippen LogP contribution >= 0.6 is 0 Å². The first kappa shape index (κ1) is 14.4. The summed E-state index contributed by atoms with van der Waals surface area (Å²) in [5.74, 6) is -0.300. The third kappa shape index (κ3) is 3.50. The first-order valence-corrected chi connectivity index (χ1v) is 6.10. The highest BCUT2D eigenvalue weighted by Crippen LogP contribution is 2.25. The molecule has 1 amide bonds. The number of benzene rings is 2. The van der Waals surface area contributed by atoms with E-state index in [0.717, 1.165) is 0 Å². The number of amides is 1. The van der Waals surface area contributed by atoms with E-state index in [1.807, 2.05) is 0 Å². The van der Waals surface area contributed by atoms with E-state index < -0.39 is 5.91 Å². The van der Waals surface area contributed by atoms with E-state index in [0.29, 0.717) is 11.3 Å². The zero-order chi connectivity index (χ0) is 15.2. The largest absolute Gasteiger partial charge is 0.507 e. The zero-order valence-electron chi connectivity index (χ0n) is 11.3. The molecule has 3 N–H and O–H groups in total. The predicted octanol–water partition coefficient (Wildman–Crippen LogP) is 1.87. The summed E-state index contributed by atoms with van der Waals surface area (Å²) < 4.78 is 4.97. The molecule has 2 aromatic rings. The Morgan fingerprint density at radius 1 is 1.19 bits per heavy atom. The van der Waals surface area contributed by atoms with Gasteiger partial charge in [0.1, 0.15) is 5.75 Å². The lowest BCUT2D eigenvalue weighted by Gasteiger charge is -2.04. The van der Waals surface area contributed by atoms with Crippen LogP contribution in [0.1, 0.15) is 15.9 Å². The minimum atomic E-state index is -0.518. The number of methoxy groups -OCH3 is 1. The highest BCUT2D eigenvalue weighted by atomic mass is 16.5. The van der Waals surface area contributed by atoms with Crippen molar-refractivity contribution in [1.29, 1.82) is 0 Å². The number of carbonyl (C=O) groups is 1. The van der Waals surface area contributed by atoms with Gasteiger partial charge in [-0.05, 0) is 35.9 Å². The van der Waals surface area contributed by atoms with Crippen molar-refractivity contribution in [2.45, 2.75) is 0 Å². The Kier molecular flexibility index (Phi) is 4.40. The van der Waals surface area contributed by atoms with E-state index in [1.54, 1.807) is 24.3 Å². The molecule has 0 aliphatic rings. The second kappa shape index (κ2) is 6.42. The number of nitrogens with one attached hydrogen (secondary N) is 1. The third-order valence-corrected chi connectivity index (χ3v) is 2.73. The number of carbonyl (C=O) groups excluding carboxylic acids is 1. The summed E-state index contributed by atoms with van der Waals surface area (Å²) in [6.07, 6.45) is 1.40. The van der Waals surface area contributed by atoms with Crippen LogP contribution in [0, 0.1) is 0 Å². The van der Waals surface area contributed by atoms with E-state index in [2.05, 4.69) is 10.5 Å². The van der Waals surface area contributed by atoms with Gasteiger partial charge in [0.2, 0.25) is 0 Å². The summed E-state index contributed by atoms with van der Waals surface area (Å²) in [7, 11) is 1.44. The van der Waals surface area contributed by atoms with Crippen molar-refractivity contribution in [2.24, 2.45) is 5.10 Å². The standard InChI is InChI=1S/C15H14N2O4/c1-21-14-8-10(6-7-13(14)19)9-16-17-15(20)11-4-2-3-5-12(11)18/h2-9,18-19H,1H3,(H,17,20)/b16-9-. The Morgan fingerprint density at radius 2 is 1.95 bits per heavy atom. The number of phenolic OH excluding ortho intramolecular Hbond substituents is 2. The molecule has 21 heavy (non-hydrogen) atoms. The number of aromatic hydroxyl groups is 2. The van der Waals surface area contributed by atoms with Gasteiger partial charge in [0.25, 0.3) is 5.91 Å². The summed E-state index contributed by atoms with van der Waals surface area (Å²) in [5, 5.41) is 22.8. The van der Waals surface area contributed by atoms with Gasteiger partial charge in [-0.1, -0.05) is 12.1 Å². The summed E-state index contributed by atoms with van der Waals surface area (Å²) in [6.45, 7) is 0. The van der Waals surface area contributed by atoms with E-state index in [4.69, 9.17) is 4.74 Å². The number of hydrogen-bond donors (Lipinski definition) is 3. The van der Waals surface area contributed by atoms with Crippen LogP contribution in [0.15, 0.2) is 47.6 Å². The summed E-state index contributed by atoms with van der Waals surface area (Å²) in [6, 6.07) is 10.8. The smallest absolute Gasteiger partial charge is 0.275 e. The van der Waals surface area contributed by atoms with Gasteiger partial charge in [0.05, 0.1) is 18.9 Å². The second-order valence-electron chi connectivity index (χ2n) is 4.15. The molecule has 0 unspecified atom stereocenters. The molecule has 0 saturated heterocycles. The van der Waals surface area contributed by atoms with Crippen molar-refractivity contribution >= 4 is 12.1 Å². The van der Waals surface area contributed by atoms with Crippen molar-refractivity contribution in [2.75, 3.05) is 7.11 Å². The van der Waals surface area contributed by atoms with E-state index in [9.17, 15) is 15.0 Å². The van der Waals surface area contributed by atoms with Crippen LogP contribution in [0.3, 0.4) is 0 Å². The lowest BCUT2D eigenvalue weighted by molar-refractivity contribution is 0.0952. The van der Waals surface area contributed by atoms with Crippen LogP contribution in [0.25, 0.3) is 0 Å². The molecular weight excluding hydrogens is 272 g/mol. The van der Waals surface area contributed by atoms with Gasteiger partial charge in [0.15, 0.2) is 11.5 Å². The predicted molar refractivity (Wildman–Crippen MR) is 77.8 cm³/mol. The topological polar surface area (TPSA) is 91.2 Å². The van der Waals surface area contributed by atoms with Crippen LogP contribution in [0.2, 0.25) is 0 Å². The molecule has 0 aliphatic carbocycles. The number of ether oxygens (including phenoxy) is 1. The first-order chi connectivity index (χ1) is 10.1. The quantitative estimate of drug-likeness (QED) is 0.591. The van der Waals surface area contributed by atoms with Crippen LogP contribution in [0.4, 0.5) is 0 Å². The highest BCUT2D eigenvalue weighted by molar-refractivity contribution is 5.97. The minimum Gasteiger partial charge on any atom is -0.507 e. The minimum absolute atomic E-state index is 0.0212. The Balaban J connectivity index is 2.06. The number of hydrogen-bond acceptors (Lipinski definition) is 5. The Morgan fingerprint density at radius 3 is 2.67 bits per heavy atom. The van der Waals surface area contributed by atoms with Crippen LogP contribution < -0.4 is 10.2 Å². The number of phenols is 2. The second-order valence-corrected chi connectivity index (χ2v) is 4.15. The molecule has 0 aromatic heterocycles. The van der Waals surface area contributed by atoms with Crippen LogP contribution in [0.5, 0.6) is 17.2 Å². The van der Waals surface area contributed by atoms with Gasteiger partial charge < -0.3 is 14.9 Å². The molecule has 6 nitrogen and oxygen atoms in total. The average molecular weight is 286 g/mol. The number of nitrogens with zero attached hydrogens (tertiary/aromatic N) is 1. The summed E-state index contributed by atoms with van der Waals surface area (Å²) in [5.41, 5.74) is 3.09. The Labute approximate surface area is 121 Å².